The molecule has 1 N–H and O–H groups in total. The Hall–Kier alpha value is -2.53. The predicted molar refractivity (Wildman–Crippen MR) is 85.6 cm³/mol. The number of thiophene rings is 1. The highest BCUT2D eigenvalue weighted by molar-refractivity contribution is 7.10. The summed E-state index contributed by atoms with van der Waals surface area (Å²) in [5.74, 6) is 1.25. The van der Waals surface area contributed by atoms with E-state index in [0.29, 0.717) is 6.54 Å². The van der Waals surface area contributed by atoms with Gasteiger partial charge in [-0.25, -0.2) is 0 Å². The molecule has 1 amide bonds. The first kappa shape index (κ1) is 14.4. The maximum Gasteiger partial charge on any atom is 0.244 e. The molecule has 0 spiro atoms. The van der Waals surface area contributed by atoms with E-state index in [9.17, 15) is 4.79 Å². The number of hydrogen-bond donors (Lipinski definition) is 1. The van der Waals surface area contributed by atoms with Crippen LogP contribution in [0.15, 0.2) is 69.2 Å². The van der Waals surface area contributed by atoms with Crippen molar-refractivity contribution in [2.45, 2.75) is 5.92 Å². The summed E-state index contributed by atoms with van der Waals surface area (Å²) >= 11 is 1.59. The van der Waals surface area contributed by atoms with Crippen molar-refractivity contribution in [3.05, 3.63) is 76.8 Å². The third-order valence-electron chi connectivity index (χ3n) is 3.20. The van der Waals surface area contributed by atoms with Gasteiger partial charge in [0, 0.05) is 17.5 Å². The molecule has 0 aromatic carbocycles. The van der Waals surface area contributed by atoms with Crippen molar-refractivity contribution >= 4 is 23.3 Å². The second kappa shape index (κ2) is 6.95. The zero-order valence-electron chi connectivity index (χ0n) is 11.8. The zero-order chi connectivity index (χ0) is 15.2. The van der Waals surface area contributed by atoms with Crippen LogP contribution in [0.5, 0.6) is 0 Å². The van der Waals surface area contributed by atoms with Crippen LogP contribution in [0, 0.1) is 0 Å². The van der Waals surface area contributed by atoms with Gasteiger partial charge in [0.15, 0.2) is 0 Å². The lowest BCUT2D eigenvalue weighted by atomic mass is 10.0. The molecule has 0 atom stereocenters. The van der Waals surface area contributed by atoms with Crippen LogP contribution in [-0.2, 0) is 4.79 Å². The molecule has 112 valence electrons. The van der Waals surface area contributed by atoms with Crippen molar-refractivity contribution in [2.24, 2.45) is 0 Å². The fraction of sp³-hybridized carbons (Fsp3) is 0.118. The Labute approximate surface area is 132 Å². The van der Waals surface area contributed by atoms with E-state index in [-0.39, 0.29) is 11.8 Å². The molecular weight excluding hydrogens is 298 g/mol. The summed E-state index contributed by atoms with van der Waals surface area (Å²) in [5, 5.41) is 4.85. The van der Waals surface area contributed by atoms with E-state index in [1.54, 1.807) is 29.9 Å². The Bertz CT molecular complexity index is 678. The second-order valence-electron chi connectivity index (χ2n) is 4.68. The minimum atomic E-state index is -0.142. The van der Waals surface area contributed by atoms with Gasteiger partial charge in [0.25, 0.3) is 0 Å². The minimum absolute atomic E-state index is 0.135. The van der Waals surface area contributed by atoms with Crippen LogP contribution < -0.4 is 5.32 Å². The molecule has 0 saturated heterocycles. The monoisotopic (exact) mass is 313 g/mol. The summed E-state index contributed by atoms with van der Waals surface area (Å²) in [6, 6.07) is 11.3. The number of carbonyl (C=O) groups is 1. The van der Waals surface area contributed by atoms with Crippen LogP contribution in [0.2, 0.25) is 0 Å². The lowest BCUT2D eigenvalue weighted by Gasteiger charge is -2.12. The lowest BCUT2D eigenvalue weighted by Crippen LogP contribution is -2.27. The van der Waals surface area contributed by atoms with Crippen molar-refractivity contribution < 1.29 is 13.6 Å². The average Bonchev–Trinajstić information content (AvgIpc) is 3.27. The SMILES string of the molecule is O=C(C=Cc1cccs1)NCC(c1ccco1)c1ccco1. The van der Waals surface area contributed by atoms with E-state index in [1.807, 2.05) is 41.8 Å². The normalized spacial score (nSPS) is 11.3. The van der Waals surface area contributed by atoms with Crippen molar-refractivity contribution in [2.75, 3.05) is 6.54 Å². The third kappa shape index (κ3) is 3.56. The fourth-order valence-corrected chi connectivity index (χ4v) is 2.74. The minimum Gasteiger partial charge on any atom is -0.469 e. The first-order chi connectivity index (χ1) is 10.8. The van der Waals surface area contributed by atoms with E-state index in [4.69, 9.17) is 8.83 Å². The van der Waals surface area contributed by atoms with Crippen LogP contribution in [0.25, 0.3) is 6.08 Å². The Kier molecular flexibility index (Phi) is 4.56. The highest BCUT2D eigenvalue weighted by Gasteiger charge is 2.20. The summed E-state index contributed by atoms with van der Waals surface area (Å²) in [7, 11) is 0. The topological polar surface area (TPSA) is 55.4 Å². The van der Waals surface area contributed by atoms with Crippen LogP contribution in [0.4, 0.5) is 0 Å². The van der Waals surface area contributed by atoms with Crippen LogP contribution in [0.1, 0.15) is 22.3 Å². The quantitative estimate of drug-likeness (QED) is 0.702. The summed E-state index contributed by atoms with van der Waals surface area (Å²) in [4.78, 5) is 13.0. The lowest BCUT2D eigenvalue weighted by molar-refractivity contribution is -0.116. The molecule has 0 radical (unpaired) electrons. The molecule has 3 heterocycles. The molecule has 4 nitrogen and oxygen atoms in total. The maximum absolute atomic E-state index is 11.9. The van der Waals surface area contributed by atoms with Crippen LogP contribution in [0.3, 0.4) is 0 Å². The van der Waals surface area contributed by atoms with Gasteiger partial charge in [-0.05, 0) is 41.8 Å². The summed E-state index contributed by atoms with van der Waals surface area (Å²) in [6.45, 7) is 0.411. The summed E-state index contributed by atoms with van der Waals surface area (Å²) in [5.41, 5.74) is 0. The highest BCUT2D eigenvalue weighted by Crippen LogP contribution is 2.24. The van der Waals surface area contributed by atoms with E-state index in [0.717, 1.165) is 16.4 Å². The van der Waals surface area contributed by atoms with E-state index < -0.39 is 0 Å². The molecule has 0 aliphatic carbocycles. The van der Waals surface area contributed by atoms with Gasteiger partial charge < -0.3 is 14.2 Å². The first-order valence-electron chi connectivity index (χ1n) is 6.89. The highest BCUT2D eigenvalue weighted by atomic mass is 32.1. The zero-order valence-corrected chi connectivity index (χ0v) is 12.6. The first-order valence-corrected chi connectivity index (χ1v) is 7.77. The molecule has 3 rings (SSSR count). The van der Waals surface area contributed by atoms with Gasteiger partial charge in [0.2, 0.25) is 5.91 Å². The third-order valence-corrected chi connectivity index (χ3v) is 4.03. The predicted octanol–water partition coefficient (Wildman–Crippen LogP) is 3.90. The van der Waals surface area contributed by atoms with E-state index in [2.05, 4.69) is 5.32 Å². The molecular formula is C17H15NO3S. The van der Waals surface area contributed by atoms with Gasteiger partial charge in [0.05, 0.1) is 18.4 Å². The number of hydrogen-bond acceptors (Lipinski definition) is 4. The maximum atomic E-state index is 11.9. The number of nitrogens with one attached hydrogen (secondary N) is 1. The number of rotatable bonds is 6. The smallest absolute Gasteiger partial charge is 0.244 e. The molecule has 0 bridgehead atoms. The Morgan fingerprint density at radius 1 is 1.14 bits per heavy atom. The van der Waals surface area contributed by atoms with E-state index >= 15 is 0 Å². The average molecular weight is 313 g/mol. The van der Waals surface area contributed by atoms with Crippen molar-refractivity contribution in [3.8, 4) is 0 Å². The van der Waals surface area contributed by atoms with Gasteiger partial charge in [-0.1, -0.05) is 6.07 Å². The Balaban J connectivity index is 1.63. The number of furan rings is 2. The molecule has 0 unspecified atom stereocenters. The van der Waals surface area contributed by atoms with Crippen LogP contribution >= 0.6 is 11.3 Å². The summed E-state index contributed by atoms with van der Waals surface area (Å²) < 4.78 is 10.9. The Morgan fingerprint density at radius 2 is 1.86 bits per heavy atom. The molecule has 0 fully saturated rings. The fourth-order valence-electron chi connectivity index (χ4n) is 2.13. The van der Waals surface area contributed by atoms with Crippen molar-refractivity contribution in [1.82, 2.24) is 5.32 Å². The Morgan fingerprint density at radius 3 is 2.41 bits per heavy atom. The molecule has 0 aliphatic rings. The van der Waals surface area contributed by atoms with E-state index in [1.165, 1.54) is 6.08 Å². The molecule has 3 aromatic rings. The van der Waals surface area contributed by atoms with Crippen molar-refractivity contribution in [1.29, 1.82) is 0 Å². The number of amides is 1. The second-order valence-corrected chi connectivity index (χ2v) is 5.66. The standard InChI is InChI=1S/C17H15NO3S/c19-17(8-7-13-4-3-11-22-13)18-12-14(15-5-1-9-20-15)16-6-2-10-21-16/h1-11,14H,12H2,(H,18,19). The van der Waals surface area contributed by atoms with Gasteiger partial charge in [-0.2, -0.15) is 0 Å². The molecule has 0 saturated carbocycles. The van der Waals surface area contributed by atoms with Gasteiger partial charge in [-0.3, -0.25) is 4.79 Å². The molecule has 0 aliphatic heterocycles. The van der Waals surface area contributed by atoms with Gasteiger partial charge in [0.1, 0.15) is 11.5 Å². The molecule has 22 heavy (non-hydrogen) atoms. The molecule has 3 aromatic heterocycles. The largest absolute Gasteiger partial charge is 0.469 e. The molecule has 5 heteroatoms. The number of carbonyl (C=O) groups excluding carboxylic acids is 1. The van der Waals surface area contributed by atoms with Crippen LogP contribution in [-0.4, -0.2) is 12.5 Å². The van der Waals surface area contributed by atoms with Gasteiger partial charge >= 0.3 is 0 Å². The van der Waals surface area contributed by atoms with Gasteiger partial charge in [-0.15, -0.1) is 11.3 Å². The van der Waals surface area contributed by atoms with Crippen molar-refractivity contribution in [3.63, 3.8) is 0 Å². The summed E-state index contributed by atoms with van der Waals surface area (Å²) in [6.07, 6.45) is 6.57.